The van der Waals surface area contributed by atoms with Crippen LogP contribution in [-0.2, 0) is 4.79 Å². The van der Waals surface area contributed by atoms with Gasteiger partial charge in [0.1, 0.15) is 0 Å². The van der Waals surface area contributed by atoms with Crippen molar-refractivity contribution < 1.29 is 9.90 Å². The molecule has 1 aliphatic rings. The average Bonchev–Trinajstić information content (AvgIpc) is 2.60. The molecule has 1 rings (SSSR count). The highest BCUT2D eigenvalue weighted by Crippen LogP contribution is 2.16. The van der Waals surface area contributed by atoms with Gasteiger partial charge in [0.15, 0.2) is 0 Å². The van der Waals surface area contributed by atoms with E-state index in [1.807, 2.05) is 13.8 Å². The van der Waals surface area contributed by atoms with Crippen molar-refractivity contribution in [3.8, 4) is 0 Å². The van der Waals surface area contributed by atoms with Crippen LogP contribution in [0.1, 0.15) is 33.1 Å². The fraction of sp³-hybridized carbons (Fsp3) is 0.909. The molecule has 1 amide bonds. The van der Waals surface area contributed by atoms with Gasteiger partial charge < -0.3 is 10.4 Å². The lowest BCUT2D eigenvalue weighted by Gasteiger charge is -2.22. The molecule has 2 N–H and O–H groups in total. The number of aliphatic hydroxyl groups excluding tert-OH is 1. The first-order valence-electron chi connectivity index (χ1n) is 5.77. The fourth-order valence-corrected chi connectivity index (χ4v) is 2.04. The first-order valence-corrected chi connectivity index (χ1v) is 5.77. The zero-order valence-electron chi connectivity index (χ0n) is 9.70. The van der Waals surface area contributed by atoms with Crippen LogP contribution in [0, 0.1) is 0 Å². The Balaban J connectivity index is 2.21. The summed E-state index contributed by atoms with van der Waals surface area (Å²) in [6.07, 6.45) is 2.73. The topological polar surface area (TPSA) is 52.6 Å². The van der Waals surface area contributed by atoms with E-state index in [1.165, 1.54) is 0 Å². The van der Waals surface area contributed by atoms with Crippen LogP contribution in [0.4, 0.5) is 0 Å². The second-order valence-corrected chi connectivity index (χ2v) is 4.49. The summed E-state index contributed by atoms with van der Waals surface area (Å²) >= 11 is 0. The highest BCUT2D eigenvalue weighted by atomic mass is 16.3. The highest BCUT2D eigenvalue weighted by Gasteiger charge is 2.23. The number of carbonyl (C=O) groups excluding carboxylic acids is 1. The SMILES string of the molecule is CC(C)NC(=O)CCN1CCC[C@@H]1CO. The van der Waals surface area contributed by atoms with Crippen LogP contribution in [0.5, 0.6) is 0 Å². The Morgan fingerprint density at radius 1 is 1.60 bits per heavy atom. The first kappa shape index (κ1) is 12.5. The van der Waals surface area contributed by atoms with Gasteiger partial charge in [0.05, 0.1) is 6.61 Å². The van der Waals surface area contributed by atoms with Crippen LogP contribution < -0.4 is 5.32 Å². The van der Waals surface area contributed by atoms with Crippen molar-refractivity contribution in [1.82, 2.24) is 10.2 Å². The predicted octanol–water partition coefficient (Wildman–Crippen LogP) is 0.358. The first-order chi connectivity index (χ1) is 7.13. The molecule has 1 aliphatic heterocycles. The smallest absolute Gasteiger partial charge is 0.221 e. The quantitative estimate of drug-likeness (QED) is 0.694. The number of rotatable bonds is 5. The molecule has 0 aromatic heterocycles. The van der Waals surface area contributed by atoms with Gasteiger partial charge in [-0.1, -0.05) is 0 Å². The largest absolute Gasteiger partial charge is 0.395 e. The van der Waals surface area contributed by atoms with Crippen molar-refractivity contribution in [2.45, 2.75) is 45.2 Å². The maximum atomic E-state index is 11.4. The van der Waals surface area contributed by atoms with Gasteiger partial charge >= 0.3 is 0 Å². The lowest BCUT2D eigenvalue weighted by molar-refractivity contribution is -0.122. The van der Waals surface area contributed by atoms with Crippen molar-refractivity contribution in [2.24, 2.45) is 0 Å². The summed E-state index contributed by atoms with van der Waals surface area (Å²) < 4.78 is 0. The van der Waals surface area contributed by atoms with Gasteiger partial charge in [-0.05, 0) is 33.2 Å². The summed E-state index contributed by atoms with van der Waals surface area (Å²) in [5.41, 5.74) is 0. The molecule has 1 saturated heterocycles. The van der Waals surface area contributed by atoms with E-state index in [-0.39, 0.29) is 24.6 Å². The van der Waals surface area contributed by atoms with Gasteiger partial charge in [0.2, 0.25) is 5.91 Å². The maximum absolute atomic E-state index is 11.4. The average molecular weight is 214 g/mol. The molecule has 0 aromatic carbocycles. The number of aliphatic hydroxyl groups is 1. The molecular weight excluding hydrogens is 192 g/mol. The Labute approximate surface area is 91.6 Å². The summed E-state index contributed by atoms with van der Waals surface area (Å²) in [5, 5.41) is 12.0. The van der Waals surface area contributed by atoms with Crippen molar-refractivity contribution in [3.63, 3.8) is 0 Å². The van der Waals surface area contributed by atoms with E-state index in [0.717, 1.165) is 25.9 Å². The third-order valence-electron chi connectivity index (χ3n) is 2.79. The summed E-state index contributed by atoms with van der Waals surface area (Å²) in [5.74, 6) is 0.105. The van der Waals surface area contributed by atoms with E-state index in [2.05, 4.69) is 10.2 Å². The zero-order chi connectivity index (χ0) is 11.3. The van der Waals surface area contributed by atoms with Gasteiger partial charge in [-0.15, -0.1) is 0 Å². The van der Waals surface area contributed by atoms with Crippen molar-refractivity contribution >= 4 is 5.91 Å². The summed E-state index contributed by atoms with van der Waals surface area (Å²) in [6, 6.07) is 0.488. The van der Waals surface area contributed by atoms with Crippen LogP contribution in [0.2, 0.25) is 0 Å². The summed E-state index contributed by atoms with van der Waals surface area (Å²) in [7, 11) is 0. The molecule has 0 radical (unpaired) electrons. The van der Waals surface area contributed by atoms with Crippen molar-refractivity contribution in [3.05, 3.63) is 0 Å². The van der Waals surface area contributed by atoms with Gasteiger partial charge in [-0.3, -0.25) is 9.69 Å². The van der Waals surface area contributed by atoms with E-state index >= 15 is 0 Å². The number of carbonyl (C=O) groups is 1. The lowest BCUT2D eigenvalue weighted by atomic mass is 10.2. The molecule has 4 heteroatoms. The minimum Gasteiger partial charge on any atom is -0.395 e. The minimum atomic E-state index is 0.105. The molecule has 4 nitrogen and oxygen atoms in total. The van der Waals surface area contributed by atoms with Crippen LogP contribution in [0.15, 0.2) is 0 Å². The van der Waals surface area contributed by atoms with E-state index in [9.17, 15) is 4.79 Å². The number of likely N-dealkylation sites (tertiary alicyclic amines) is 1. The number of hydrogen-bond acceptors (Lipinski definition) is 3. The summed E-state index contributed by atoms with van der Waals surface area (Å²) in [6.45, 7) is 5.92. The molecule has 15 heavy (non-hydrogen) atoms. The van der Waals surface area contributed by atoms with Crippen molar-refractivity contribution in [1.29, 1.82) is 0 Å². The molecule has 0 saturated carbocycles. The monoisotopic (exact) mass is 214 g/mol. The lowest BCUT2D eigenvalue weighted by Crippen LogP contribution is -2.37. The maximum Gasteiger partial charge on any atom is 0.221 e. The second-order valence-electron chi connectivity index (χ2n) is 4.49. The second kappa shape index (κ2) is 6.08. The number of amides is 1. The molecule has 0 aliphatic carbocycles. The number of nitrogens with one attached hydrogen (secondary N) is 1. The molecule has 1 fully saturated rings. The normalized spacial score (nSPS) is 22.3. The molecule has 0 spiro atoms. The predicted molar refractivity (Wildman–Crippen MR) is 59.6 cm³/mol. The fourth-order valence-electron chi connectivity index (χ4n) is 2.04. The number of nitrogens with zero attached hydrogens (tertiary/aromatic N) is 1. The van der Waals surface area contributed by atoms with Crippen LogP contribution >= 0.6 is 0 Å². The third kappa shape index (κ3) is 4.18. The van der Waals surface area contributed by atoms with Gasteiger partial charge in [0, 0.05) is 25.0 Å². The van der Waals surface area contributed by atoms with Crippen LogP contribution in [0.3, 0.4) is 0 Å². The highest BCUT2D eigenvalue weighted by molar-refractivity contribution is 5.76. The van der Waals surface area contributed by atoms with E-state index in [0.29, 0.717) is 6.42 Å². The molecule has 0 unspecified atom stereocenters. The Kier molecular flexibility index (Phi) is 5.05. The molecule has 1 atom stereocenters. The Morgan fingerprint density at radius 2 is 2.33 bits per heavy atom. The number of hydrogen-bond donors (Lipinski definition) is 2. The molecule has 1 heterocycles. The minimum absolute atomic E-state index is 0.105. The molecule has 0 aromatic rings. The van der Waals surface area contributed by atoms with Crippen molar-refractivity contribution in [2.75, 3.05) is 19.7 Å². The Hall–Kier alpha value is -0.610. The summed E-state index contributed by atoms with van der Waals surface area (Å²) in [4.78, 5) is 13.6. The standard InChI is InChI=1S/C11H22N2O2/c1-9(2)12-11(15)5-7-13-6-3-4-10(13)8-14/h9-10,14H,3-8H2,1-2H3,(H,12,15)/t10-/m1/s1. The van der Waals surface area contributed by atoms with Gasteiger partial charge in [-0.2, -0.15) is 0 Å². The van der Waals surface area contributed by atoms with E-state index in [4.69, 9.17) is 5.11 Å². The van der Waals surface area contributed by atoms with Crippen LogP contribution in [0.25, 0.3) is 0 Å². The Morgan fingerprint density at radius 3 is 2.93 bits per heavy atom. The third-order valence-corrected chi connectivity index (χ3v) is 2.79. The zero-order valence-corrected chi connectivity index (χ0v) is 9.70. The van der Waals surface area contributed by atoms with Crippen LogP contribution in [-0.4, -0.2) is 47.7 Å². The molecular formula is C11H22N2O2. The molecule has 88 valence electrons. The van der Waals surface area contributed by atoms with E-state index in [1.54, 1.807) is 0 Å². The Bertz CT molecular complexity index is 207. The molecule has 0 bridgehead atoms. The van der Waals surface area contributed by atoms with Gasteiger partial charge in [-0.25, -0.2) is 0 Å². The van der Waals surface area contributed by atoms with Gasteiger partial charge in [0.25, 0.3) is 0 Å². The van der Waals surface area contributed by atoms with E-state index < -0.39 is 0 Å².